The van der Waals surface area contributed by atoms with Gasteiger partial charge in [0, 0.05) is 6.20 Å². The van der Waals surface area contributed by atoms with Crippen LogP contribution in [0.25, 0.3) is 0 Å². The summed E-state index contributed by atoms with van der Waals surface area (Å²) in [6, 6.07) is 15.4. The van der Waals surface area contributed by atoms with E-state index in [0.717, 1.165) is 11.4 Å². The van der Waals surface area contributed by atoms with Crippen LogP contribution in [0.1, 0.15) is 5.69 Å². The second-order valence-electron chi connectivity index (χ2n) is 4.78. The van der Waals surface area contributed by atoms with Gasteiger partial charge in [0.05, 0.1) is 11.9 Å². The number of hydrogen-bond donors (Lipinski definition) is 0. The van der Waals surface area contributed by atoms with E-state index >= 15 is 0 Å². The summed E-state index contributed by atoms with van der Waals surface area (Å²) < 4.78 is 17.6. The van der Waals surface area contributed by atoms with Gasteiger partial charge in [0.15, 0.2) is 0 Å². The highest BCUT2D eigenvalue weighted by molar-refractivity contribution is 9.09. The molecule has 0 spiro atoms. The highest BCUT2D eigenvalue weighted by atomic mass is 79.9. The molecule has 1 aromatic carbocycles. The van der Waals surface area contributed by atoms with Gasteiger partial charge in [-0.15, -0.1) is 0 Å². The minimum absolute atomic E-state index is 0.121. The fourth-order valence-electron chi connectivity index (χ4n) is 2.21. The van der Waals surface area contributed by atoms with Crippen molar-refractivity contribution in [1.29, 1.82) is 0 Å². The highest BCUT2D eigenvalue weighted by Gasteiger charge is 2.43. The van der Waals surface area contributed by atoms with Crippen molar-refractivity contribution in [2.75, 3.05) is 18.5 Å². The molecule has 5 heteroatoms. The molecule has 1 aromatic heterocycles. The first kappa shape index (κ1) is 14.5. The van der Waals surface area contributed by atoms with Gasteiger partial charge < -0.3 is 14.2 Å². The maximum atomic E-state index is 6.05. The number of ether oxygens (including phenoxy) is 3. The van der Waals surface area contributed by atoms with E-state index in [1.165, 1.54) is 0 Å². The predicted molar refractivity (Wildman–Crippen MR) is 82.5 cm³/mol. The zero-order valence-corrected chi connectivity index (χ0v) is 13.0. The average molecular weight is 350 g/mol. The van der Waals surface area contributed by atoms with Gasteiger partial charge in [-0.3, -0.25) is 4.98 Å². The van der Waals surface area contributed by atoms with Crippen molar-refractivity contribution in [1.82, 2.24) is 4.98 Å². The van der Waals surface area contributed by atoms with E-state index in [2.05, 4.69) is 20.9 Å². The van der Waals surface area contributed by atoms with Crippen LogP contribution in [-0.2, 0) is 15.3 Å². The Bertz CT molecular complexity index is 566. The molecule has 1 saturated heterocycles. The van der Waals surface area contributed by atoms with Crippen LogP contribution >= 0.6 is 15.9 Å². The van der Waals surface area contributed by atoms with Crippen molar-refractivity contribution in [3.05, 3.63) is 60.4 Å². The molecular formula is C16H16BrNO3. The van der Waals surface area contributed by atoms with E-state index in [1.807, 2.05) is 48.5 Å². The average Bonchev–Trinajstić information content (AvgIpc) is 3.00. The Hall–Kier alpha value is -1.43. The van der Waals surface area contributed by atoms with Crippen LogP contribution in [-0.4, -0.2) is 29.6 Å². The third kappa shape index (κ3) is 3.26. The number of para-hydroxylation sites is 1. The molecule has 1 aliphatic rings. The lowest BCUT2D eigenvalue weighted by molar-refractivity contribution is -0.162. The third-order valence-electron chi connectivity index (χ3n) is 3.27. The molecule has 21 heavy (non-hydrogen) atoms. The number of nitrogens with zero attached hydrogens (tertiary/aromatic N) is 1. The van der Waals surface area contributed by atoms with E-state index in [9.17, 15) is 0 Å². The van der Waals surface area contributed by atoms with E-state index in [1.54, 1.807) is 6.20 Å². The van der Waals surface area contributed by atoms with Gasteiger partial charge in [-0.25, -0.2) is 0 Å². The van der Waals surface area contributed by atoms with Crippen molar-refractivity contribution in [2.45, 2.75) is 11.9 Å². The van der Waals surface area contributed by atoms with Crippen molar-refractivity contribution >= 4 is 15.9 Å². The van der Waals surface area contributed by atoms with Crippen LogP contribution in [0.2, 0.25) is 0 Å². The number of halogens is 1. The minimum atomic E-state index is -0.827. The molecule has 0 bridgehead atoms. The highest BCUT2D eigenvalue weighted by Crippen LogP contribution is 2.34. The van der Waals surface area contributed by atoms with E-state index < -0.39 is 5.79 Å². The third-order valence-corrected chi connectivity index (χ3v) is 4.01. The zero-order valence-electron chi connectivity index (χ0n) is 11.4. The topological polar surface area (TPSA) is 40.6 Å². The lowest BCUT2D eigenvalue weighted by Gasteiger charge is -2.25. The van der Waals surface area contributed by atoms with E-state index in [0.29, 0.717) is 18.5 Å². The number of hydrogen-bond acceptors (Lipinski definition) is 4. The maximum Gasteiger partial charge on any atom is 0.222 e. The molecular weight excluding hydrogens is 334 g/mol. The standard InChI is InChI=1S/C16H16BrNO3/c17-12-16(15-8-4-5-9-18-15)20-11-14(21-16)10-19-13-6-2-1-3-7-13/h1-9,14H,10-12H2. The van der Waals surface area contributed by atoms with Crippen LogP contribution in [0.5, 0.6) is 5.75 Å². The predicted octanol–water partition coefficient (Wildman–Crippen LogP) is 3.12. The zero-order chi connectivity index (χ0) is 14.5. The van der Waals surface area contributed by atoms with Gasteiger partial charge in [0.2, 0.25) is 5.79 Å². The smallest absolute Gasteiger partial charge is 0.222 e. The second-order valence-corrected chi connectivity index (χ2v) is 5.34. The Balaban J connectivity index is 1.64. The Morgan fingerprint density at radius 1 is 1.19 bits per heavy atom. The number of alkyl halides is 1. The molecule has 1 aliphatic heterocycles. The summed E-state index contributed by atoms with van der Waals surface area (Å²) in [5, 5.41) is 0.527. The lowest BCUT2D eigenvalue weighted by atomic mass is 10.2. The second kappa shape index (κ2) is 6.56. The van der Waals surface area contributed by atoms with Crippen LogP contribution in [0.4, 0.5) is 0 Å². The quantitative estimate of drug-likeness (QED) is 0.777. The first-order valence-corrected chi connectivity index (χ1v) is 7.92. The summed E-state index contributed by atoms with van der Waals surface area (Å²) in [5.74, 6) is 0.00156. The van der Waals surface area contributed by atoms with Gasteiger partial charge in [-0.05, 0) is 24.3 Å². The van der Waals surface area contributed by atoms with Gasteiger partial charge >= 0.3 is 0 Å². The van der Waals surface area contributed by atoms with Crippen molar-refractivity contribution in [3.63, 3.8) is 0 Å². The van der Waals surface area contributed by atoms with Crippen LogP contribution in [0.3, 0.4) is 0 Å². The lowest BCUT2D eigenvalue weighted by Crippen LogP contribution is -2.32. The van der Waals surface area contributed by atoms with Crippen LogP contribution < -0.4 is 4.74 Å². The molecule has 110 valence electrons. The molecule has 0 aliphatic carbocycles. The summed E-state index contributed by atoms with van der Waals surface area (Å²) in [6.45, 7) is 0.931. The molecule has 1 fully saturated rings. The number of pyridine rings is 1. The molecule has 0 N–H and O–H groups in total. The molecule has 0 amide bonds. The molecule has 2 atom stereocenters. The van der Waals surface area contributed by atoms with Crippen molar-refractivity contribution < 1.29 is 14.2 Å². The molecule has 2 unspecified atom stereocenters. The Labute approximate surface area is 132 Å². The Kier molecular flexibility index (Phi) is 4.53. The molecule has 2 aromatic rings. The van der Waals surface area contributed by atoms with Gasteiger partial charge in [-0.2, -0.15) is 0 Å². The fraction of sp³-hybridized carbons (Fsp3) is 0.312. The van der Waals surface area contributed by atoms with E-state index in [-0.39, 0.29) is 6.10 Å². The summed E-state index contributed by atoms with van der Waals surface area (Å²) in [5.41, 5.74) is 0.768. The van der Waals surface area contributed by atoms with Crippen molar-refractivity contribution in [2.24, 2.45) is 0 Å². The first-order valence-electron chi connectivity index (χ1n) is 6.79. The largest absolute Gasteiger partial charge is 0.491 e. The monoisotopic (exact) mass is 349 g/mol. The van der Waals surface area contributed by atoms with Crippen molar-refractivity contribution in [3.8, 4) is 5.75 Å². The van der Waals surface area contributed by atoms with E-state index in [4.69, 9.17) is 14.2 Å². The summed E-state index contributed by atoms with van der Waals surface area (Å²) in [6.07, 6.45) is 1.62. The number of rotatable bonds is 5. The minimum Gasteiger partial charge on any atom is -0.491 e. The fourth-order valence-corrected chi connectivity index (χ4v) is 2.80. The summed E-state index contributed by atoms with van der Waals surface area (Å²) >= 11 is 3.46. The molecule has 4 nitrogen and oxygen atoms in total. The molecule has 0 saturated carbocycles. The Morgan fingerprint density at radius 3 is 2.71 bits per heavy atom. The van der Waals surface area contributed by atoms with Crippen LogP contribution in [0, 0.1) is 0 Å². The van der Waals surface area contributed by atoms with Gasteiger partial charge in [-0.1, -0.05) is 40.2 Å². The first-order chi connectivity index (χ1) is 10.3. The summed E-state index contributed by atoms with van der Waals surface area (Å²) in [7, 11) is 0. The maximum absolute atomic E-state index is 6.05. The van der Waals surface area contributed by atoms with Gasteiger partial charge in [0.1, 0.15) is 24.2 Å². The molecule has 0 radical (unpaired) electrons. The molecule has 2 heterocycles. The molecule has 3 rings (SSSR count). The number of benzene rings is 1. The Morgan fingerprint density at radius 2 is 2.00 bits per heavy atom. The normalized spacial score (nSPS) is 24.9. The number of aromatic nitrogens is 1. The SMILES string of the molecule is BrCC1(c2ccccn2)OCC(COc2ccccc2)O1. The van der Waals surface area contributed by atoms with Crippen LogP contribution in [0.15, 0.2) is 54.7 Å². The summed E-state index contributed by atoms with van der Waals surface area (Å²) in [4.78, 5) is 4.34. The van der Waals surface area contributed by atoms with Gasteiger partial charge in [0.25, 0.3) is 0 Å².